The van der Waals surface area contributed by atoms with Gasteiger partial charge in [0.05, 0.1) is 30.9 Å². The Morgan fingerprint density at radius 2 is 1.91 bits per heavy atom. The molecule has 6 nitrogen and oxygen atoms in total. The van der Waals surface area contributed by atoms with Crippen molar-refractivity contribution in [1.82, 2.24) is 0 Å². The van der Waals surface area contributed by atoms with Crippen LogP contribution in [0.2, 0.25) is 0 Å². The van der Waals surface area contributed by atoms with Crippen molar-refractivity contribution in [2.75, 3.05) is 12.4 Å². The molecular weight excluding hydrogens is 286 g/mol. The molecule has 22 heavy (non-hydrogen) atoms. The number of rotatable bonds is 4. The molecular formula is C16H17NO5. The monoisotopic (exact) mass is 303 g/mol. The van der Waals surface area contributed by atoms with Crippen molar-refractivity contribution in [2.45, 2.75) is 19.1 Å². The van der Waals surface area contributed by atoms with Gasteiger partial charge < -0.3 is 19.9 Å². The lowest BCUT2D eigenvalue weighted by atomic mass is 9.82. The van der Waals surface area contributed by atoms with Crippen molar-refractivity contribution in [3.8, 4) is 5.75 Å². The third kappa shape index (κ3) is 2.35. The predicted octanol–water partition coefficient (Wildman–Crippen LogP) is 1.60. The molecule has 1 aromatic rings. The van der Waals surface area contributed by atoms with E-state index in [4.69, 9.17) is 9.47 Å². The fourth-order valence-corrected chi connectivity index (χ4v) is 3.05. The number of aryl methyl sites for hydroxylation is 1. The molecule has 2 aliphatic rings. The molecule has 0 aromatic heterocycles. The number of carboxylic acids is 1. The zero-order valence-electron chi connectivity index (χ0n) is 12.3. The van der Waals surface area contributed by atoms with Gasteiger partial charge >= 0.3 is 5.97 Å². The summed E-state index contributed by atoms with van der Waals surface area (Å²) in [6.07, 6.45) is 2.45. The van der Waals surface area contributed by atoms with Gasteiger partial charge in [-0.2, -0.15) is 0 Å². The van der Waals surface area contributed by atoms with E-state index in [9.17, 15) is 14.7 Å². The van der Waals surface area contributed by atoms with Crippen LogP contribution in [0.15, 0.2) is 30.4 Å². The second kappa shape index (κ2) is 5.46. The summed E-state index contributed by atoms with van der Waals surface area (Å²) < 4.78 is 10.7. The number of hydrogen-bond acceptors (Lipinski definition) is 4. The number of hydrogen-bond donors (Lipinski definition) is 2. The number of ether oxygens (including phenoxy) is 2. The van der Waals surface area contributed by atoms with Gasteiger partial charge in [-0.15, -0.1) is 0 Å². The molecule has 116 valence electrons. The third-order valence-electron chi connectivity index (χ3n) is 4.10. The van der Waals surface area contributed by atoms with E-state index in [1.54, 1.807) is 24.3 Å². The number of anilines is 1. The zero-order valence-corrected chi connectivity index (χ0v) is 12.3. The minimum absolute atomic E-state index is 0.367. The molecule has 0 saturated carbocycles. The molecule has 6 heteroatoms. The summed E-state index contributed by atoms with van der Waals surface area (Å²) in [7, 11) is 1.52. The van der Waals surface area contributed by atoms with E-state index >= 15 is 0 Å². The van der Waals surface area contributed by atoms with Gasteiger partial charge in [-0.3, -0.25) is 9.59 Å². The Balaban J connectivity index is 1.84. The Morgan fingerprint density at radius 1 is 1.23 bits per heavy atom. The van der Waals surface area contributed by atoms with E-state index < -0.39 is 30.0 Å². The molecule has 2 heterocycles. The minimum atomic E-state index is -1.02. The van der Waals surface area contributed by atoms with Crippen LogP contribution >= 0.6 is 0 Å². The summed E-state index contributed by atoms with van der Waals surface area (Å²) in [5, 5.41) is 12.1. The molecule has 1 amide bonds. The van der Waals surface area contributed by atoms with Crippen molar-refractivity contribution in [2.24, 2.45) is 11.8 Å². The van der Waals surface area contributed by atoms with Crippen LogP contribution < -0.4 is 10.1 Å². The second-order valence-electron chi connectivity index (χ2n) is 5.53. The van der Waals surface area contributed by atoms with Crippen LogP contribution in [0.5, 0.6) is 5.75 Å². The molecule has 0 spiro atoms. The minimum Gasteiger partial charge on any atom is -0.495 e. The number of carboxylic acid groups (broad SMARTS) is 1. The molecule has 2 aliphatic heterocycles. The van der Waals surface area contributed by atoms with Crippen LogP contribution in [-0.2, 0) is 14.3 Å². The first kappa shape index (κ1) is 14.6. The van der Waals surface area contributed by atoms with Gasteiger partial charge in [-0.05, 0) is 24.6 Å². The quantitative estimate of drug-likeness (QED) is 0.825. The molecule has 3 rings (SSSR count). The lowest BCUT2D eigenvalue weighted by Gasteiger charge is -2.21. The molecule has 0 radical (unpaired) electrons. The third-order valence-corrected chi connectivity index (χ3v) is 4.10. The average Bonchev–Trinajstić information content (AvgIpc) is 3.08. The number of fused-ring (bicyclic) bond motifs is 2. The first-order valence-corrected chi connectivity index (χ1v) is 7.03. The first-order chi connectivity index (χ1) is 10.5. The molecule has 1 fully saturated rings. The van der Waals surface area contributed by atoms with E-state index in [2.05, 4.69) is 5.32 Å². The van der Waals surface area contributed by atoms with Crippen molar-refractivity contribution >= 4 is 17.6 Å². The normalized spacial score (nSPS) is 28.6. The number of nitrogens with one attached hydrogen (secondary N) is 1. The Morgan fingerprint density at radius 3 is 2.55 bits per heavy atom. The molecule has 4 atom stereocenters. The Kier molecular flexibility index (Phi) is 3.62. The maximum absolute atomic E-state index is 12.6. The van der Waals surface area contributed by atoms with Crippen molar-refractivity contribution in [3.63, 3.8) is 0 Å². The summed E-state index contributed by atoms with van der Waals surface area (Å²) in [4.78, 5) is 24.0. The fourth-order valence-electron chi connectivity index (χ4n) is 3.05. The molecule has 1 aromatic carbocycles. The zero-order chi connectivity index (χ0) is 15.9. The smallest absolute Gasteiger partial charge is 0.310 e. The van der Waals surface area contributed by atoms with Crippen molar-refractivity contribution < 1.29 is 24.2 Å². The van der Waals surface area contributed by atoms with E-state index in [0.717, 1.165) is 5.56 Å². The highest BCUT2D eigenvalue weighted by molar-refractivity contribution is 5.97. The molecule has 2 bridgehead atoms. The highest BCUT2D eigenvalue weighted by atomic mass is 16.5. The number of carbonyl (C=O) groups is 2. The maximum Gasteiger partial charge on any atom is 0.310 e. The molecule has 2 N–H and O–H groups in total. The highest BCUT2D eigenvalue weighted by Crippen LogP contribution is 2.40. The lowest BCUT2D eigenvalue weighted by Crippen LogP contribution is -2.39. The van der Waals surface area contributed by atoms with E-state index in [1.165, 1.54) is 7.11 Å². The number of aliphatic carboxylic acids is 1. The van der Waals surface area contributed by atoms with E-state index in [-0.39, 0.29) is 5.91 Å². The summed E-state index contributed by atoms with van der Waals surface area (Å²) in [5.41, 5.74) is 1.50. The van der Waals surface area contributed by atoms with Gasteiger partial charge in [-0.1, -0.05) is 18.2 Å². The number of methoxy groups -OCH3 is 1. The summed E-state index contributed by atoms with van der Waals surface area (Å²) in [6, 6.07) is 5.42. The van der Waals surface area contributed by atoms with Gasteiger partial charge in [0.2, 0.25) is 5.91 Å². The fraction of sp³-hybridized carbons (Fsp3) is 0.375. The Hall–Kier alpha value is -2.34. The van der Waals surface area contributed by atoms with Gasteiger partial charge in [0.25, 0.3) is 0 Å². The van der Waals surface area contributed by atoms with Crippen molar-refractivity contribution in [3.05, 3.63) is 35.9 Å². The number of carbonyl (C=O) groups excluding carboxylic acids is 1. The predicted molar refractivity (Wildman–Crippen MR) is 78.8 cm³/mol. The highest BCUT2D eigenvalue weighted by Gasteiger charge is 2.53. The SMILES string of the molecule is COc1ccc(C)cc1NC(=O)[C@H]1[C@@H](C(=O)O)[C@@H]2C=C[C@@H]1O2. The van der Waals surface area contributed by atoms with Crippen LogP contribution in [0.3, 0.4) is 0 Å². The maximum atomic E-state index is 12.6. The summed E-state index contributed by atoms with van der Waals surface area (Å²) in [6.45, 7) is 1.90. The van der Waals surface area contributed by atoms with Gasteiger partial charge in [0.15, 0.2) is 0 Å². The summed E-state index contributed by atoms with van der Waals surface area (Å²) in [5.74, 6) is -2.45. The van der Waals surface area contributed by atoms with E-state index in [0.29, 0.717) is 11.4 Å². The number of benzene rings is 1. The standard InChI is InChI=1S/C16H17NO5/c1-8-3-4-10(21-2)9(7-8)17-15(18)13-11-5-6-12(22-11)14(13)16(19)20/h3-7,11-14H,1-2H3,(H,17,18)(H,19,20)/t11-,12-,13+,14-/m0/s1. The van der Waals surface area contributed by atoms with Crippen LogP contribution in [0.25, 0.3) is 0 Å². The topological polar surface area (TPSA) is 84.9 Å². The van der Waals surface area contributed by atoms with Crippen LogP contribution in [0, 0.1) is 18.8 Å². The second-order valence-corrected chi connectivity index (χ2v) is 5.53. The average molecular weight is 303 g/mol. The van der Waals surface area contributed by atoms with Crippen LogP contribution in [-0.4, -0.2) is 36.3 Å². The number of amides is 1. The van der Waals surface area contributed by atoms with Gasteiger partial charge in [0.1, 0.15) is 11.7 Å². The molecule has 0 aliphatic carbocycles. The van der Waals surface area contributed by atoms with Gasteiger partial charge in [-0.25, -0.2) is 0 Å². The van der Waals surface area contributed by atoms with Gasteiger partial charge in [0, 0.05) is 0 Å². The largest absolute Gasteiger partial charge is 0.495 e. The lowest BCUT2D eigenvalue weighted by molar-refractivity contribution is -0.145. The summed E-state index contributed by atoms with van der Waals surface area (Å²) >= 11 is 0. The Labute approximate surface area is 127 Å². The Bertz CT molecular complexity index is 654. The van der Waals surface area contributed by atoms with Crippen LogP contribution in [0.1, 0.15) is 5.56 Å². The van der Waals surface area contributed by atoms with Crippen LogP contribution in [0.4, 0.5) is 5.69 Å². The van der Waals surface area contributed by atoms with Crippen molar-refractivity contribution in [1.29, 1.82) is 0 Å². The molecule has 1 saturated heterocycles. The molecule has 0 unspecified atom stereocenters. The first-order valence-electron chi connectivity index (χ1n) is 7.03. The van der Waals surface area contributed by atoms with E-state index in [1.807, 2.05) is 13.0 Å².